The second-order valence-electron chi connectivity index (χ2n) is 5.57. The molecule has 0 aromatic heterocycles. The molecule has 2 unspecified atom stereocenters. The van der Waals surface area contributed by atoms with Gasteiger partial charge in [0.05, 0.1) is 6.61 Å². The Labute approximate surface area is 150 Å². The number of carbonyl (C=O) groups excluding carboxylic acids is 3. The summed E-state index contributed by atoms with van der Waals surface area (Å²) in [5.41, 5.74) is 0. The lowest BCUT2D eigenvalue weighted by molar-refractivity contribution is -0.147. The van der Waals surface area contributed by atoms with Gasteiger partial charge in [0.25, 0.3) is 0 Å². The maximum atomic E-state index is 12.5. The van der Waals surface area contributed by atoms with Crippen LogP contribution < -0.4 is 10.6 Å². The molecule has 142 valence electrons. The summed E-state index contributed by atoms with van der Waals surface area (Å²) < 4.78 is 9.76. The van der Waals surface area contributed by atoms with E-state index in [0.29, 0.717) is 12.8 Å². The van der Waals surface area contributed by atoms with E-state index in [4.69, 9.17) is 15.9 Å². The Hall–Kier alpha value is -2.23. The average molecular weight is 354 g/mol. The molecule has 0 bridgehead atoms. The van der Waals surface area contributed by atoms with Gasteiger partial charge in [-0.15, -0.1) is 6.42 Å². The Balaban J connectivity index is 4.89. The molecule has 0 radical (unpaired) electrons. The van der Waals surface area contributed by atoms with Gasteiger partial charge in [-0.3, -0.25) is 4.79 Å². The van der Waals surface area contributed by atoms with Crippen molar-refractivity contribution in [2.75, 3.05) is 13.2 Å². The van der Waals surface area contributed by atoms with Gasteiger partial charge >= 0.3 is 12.1 Å². The van der Waals surface area contributed by atoms with Crippen LogP contribution in [0.4, 0.5) is 4.79 Å². The minimum atomic E-state index is -0.788. The number of unbranched alkanes of at least 4 members (excludes halogenated alkanes) is 2. The third kappa shape index (κ3) is 10.3. The summed E-state index contributed by atoms with van der Waals surface area (Å²) in [5.74, 6) is 1.29. The van der Waals surface area contributed by atoms with E-state index >= 15 is 0 Å². The van der Waals surface area contributed by atoms with Crippen molar-refractivity contribution >= 4 is 18.0 Å². The van der Waals surface area contributed by atoms with Crippen molar-refractivity contribution in [2.45, 2.75) is 71.4 Å². The molecule has 0 saturated heterocycles. The monoisotopic (exact) mass is 354 g/mol. The number of esters is 1. The molecule has 0 aromatic carbocycles. The number of nitrogens with one attached hydrogen (secondary N) is 2. The van der Waals surface area contributed by atoms with Gasteiger partial charge in [0.2, 0.25) is 5.91 Å². The van der Waals surface area contributed by atoms with Crippen LogP contribution in [-0.2, 0) is 19.1 Å². The second-order valence-corrected chi connectivity index (χ2v) is 5.57. The van der Waals surface area contributed by atoms with Crippen LogP contribution in [0.15, 0.2) is 0 Å². The fourth-order valence-corrected chi connectivity index (χ4v) is 2.14. The first-order valence-electron chi connectivity index (χ1n) is 8.83. The molecular formula is C18H30N2O5. The Morgan fingerprint density at radius 2 is 1.56 bits per heavy atom. The molecule has 2 atom stereocenters. The van der Waals surface area contributed by atoms with E-state index in [-0.39, 0.29) is 13.2 Å². The fourth-order valence-electron chi connectivity index (χ4n) is 2.14. The highest BCUT2D eigenvalue weighted by Crippen LogP contribution is 2.06. The van der Waals surface area contributed by atoms with Gasteiger partial charge in [0, 0.05) is 0 Å². The van der Waals surface area contributed by atoms with Crippen molar-refractivity contribution in [3.8, 4) is 12.3 Å². The van der Waals surface area contributed by atoms with Crippen molar-refractivity contribution < 1.29 is 23.9 Å². The molecule has 0 rings (SSSR count). The van der Waals surface area contributed by atoms with Gasteiger partial charge in [0.15, 0.2) is 6.61 Å². The van der Waals surface area contributed by atoms with E-state index in [9.17, 15) is 14.4 Å². The standard InChI is InChI=1S/C18H30N2O5/c1-5-9-11-14(20-18(23)25-13-7-3)16(21)19-15(12-10-6-2)17(22)24-8-4/h3,14-15H,5-6,8-13H2,1-2,4H3,(H,19,21)(H,20,23). The Morgan fingerprint density at radius 3 is 2.08 bits per heavy atom. The molecule has 0 aliphatic carbocycles. The van der Waals surface area contributed by atoms with E-state index in [1.54, 1.807) is 6.92 Å². The number of rotatable bonds is 12. The van der Waals surface area contributed by atoms with E-state index in [1.165, 1.54) is 0 Å². The van der Waals surface area contributed by atoms with Crippen LogP contribution in [0, 0.1) is 12.3 Å². The molecule has 0 fully saturated rings. The molecule has 25 heavy (non-hydrogen) atoms. The van der Waals surface area contributed by atoms with Crippen LogP contribution in [0.2, 0.25) is 0 Å². The lowest BCUT2D eigenvalue weighted by atomic mass is 10.1. The van der Waals surface area contributed by atoms with Crippen LogP contribution in [0.5, 0.6) is 0 Å². The summed E-state index contributed by atoms with van der Waals surface area (Å²) in [6.07, 6.45) is 8.49. The van der Waals surface area contributed by atoms with Crippen molar-refractivity contribution in [1.29, 1.82) is 0 Å². The van der Waals surface area contributed by atoms with Crippen molar-refractivity contribution in [1.82, 2.24) is 10.6 Å². The van der Waals surface area contributed by atoms with Crippen LogP contribution in [-0.4, -0.2) is 43.3 Å². The highest BCUT2D eigenvalue weighted by atomic mass is 16.5. The van der Waals surface area contributed by atoms with E-state index in [2.05, 4.69) is 16.6 Å². The summed E-state index contributed by atoms with van der Waals surface area (Å²) in [5, 5.41) is 5.18. The topological polar surface area (TPSA) is 93.7 Å². The van der Waals surface area contributed by atoms with E-state index in [0.717, 1.165) is 25.7 Å². The third-order valence-electron chi connectivity index (χ3n) is 3.48. The second kappa shape index (κ2) is 14.1. The lowest BCUT2D eigenvalue weighted by Gasteiger charge is -2.22. The van der Waals surface area contributed by atoms with Crippen LogP contribution in [0.3, 0.4) is 0 Å². The summed E-state index contributed by atoms with van der Waals surface area (Å²) in [4.78, 5) is 36.2. The first kappa shape index (κ1) is 22.8. The fraction of sp³-hybridized carbons (Fsp3) is 0.722. The molecule has 0 aliphatic rings. The maximum absolute atomic E-state index is 12.5. The van der Waals surface area contributed by atoms with Crippen LogP contribution >= 0.6 is 0 Å². The summed E-state index contributed by atoms with van der Waals surface area (Å²) in [6.45, 7) is 5.76. The molecule has 0 aromatic rings. The molecule has 7 heteroatoms. The Morgan fingerprint density at radius 1 is 0.960 bits per heavy atom. The number of alkyl carbamates (subject to hydrolysis) is 1. The Kier molecular flexibility index (Phi) is 12.9. The smallest absolute Gasteiger partial charge is 0.408 e. The van der Waals surface area contributed by atoms with Gasteiger partial charge in [-0.2, -0.15) is 0 Å². The first-order chi connectivity index (χ1) is 12.0. The number of hydrogen-bond donors (Lipinski definition) is 2. The SMILES string of the molecule is C#CCOC(=O)NC(CCCC)C(=O)NC(CCCC)C(=O)OCC. The molecule has 2 N–H and O–H groups in total. The molecule has 0 saturated carbocycles. The Bertz CT molecular complexity index is 459. The third-order valence-corrected chi connectivity index (χ3v) is 3.48. The van der Waals surface area contributed by atoms with Crippen LogP contribution in [0.25, 0.3) is 0 Å². The minimum Gasteiger partial charge on any atom is -0.464 e. The number of ether oxygens (including phenoxy) is 2. The zero-order chi connectivity index (χ0) is 19.1. The number of hydrogen-bond acceptors (Lipinski definition) is 5. The molecule has 7 nitrogen and oxygen atoms in total. The number of carbonyl (C=O) groups is 3. The minimum absolute atomic E-state index is 0.171. The van der Waals surface area contributed by atoms with Gasteiger partial charge in [-0.25, -0.2) is 9.59 Å². The van der Waals surface area contributed by atoms with E-state index in [1.807, 2.05) is 13.8 Å². The molecule has 0 spiro atoms. The predicted octanol–water partition coefficient (Wildman–Crippen LogP) is 2.14. The van der Waals surface area contributed by atoms with Crippen molar-refractivity contribution in [2.24, 2.45) is 0 Å². The van der Waals surface area contributed by atoms with Crippen molar-refractivity contribution in [3.63, 3.8) is 0 Å². The largest absolute Gasteiger partial charge is 0.464 e. The van der Waals surface area contributed by atoms with Gasteiger partial charge in [-0.05, 0) is 19.8 Å². The highest BCUT2D eigenvalue weighted by Gasteiger charge is 2.27. The van der Waals surface area contributed by atoms with Gasteiger partial charge in [-0.1, -0.05) is 45.5 Å². The lowest BCUT2D eigenvalue weighted by Crippen LogP contribution is -2.52. The molecule has 0 aliphatic heterocycles. The van der Waals surface area contributed by atoms with E-state index < -0.39 is 30.1 Å². The van der Waals surface area contributed by atoms with Gasteiger partial charge < -0.3 is 20.1 Å². The van der Waals surface area contributed by atoms with Gasteiger partial charge in [0.1, 0.15) is 12.1 Å². The van der Waals surface area contributed by atoms with Crippen LogP contribution in [0.1, 0.15) is 59.3 Å². The molecular weight excluding hydrogens is 324 g/mol. The first-order valence-corrected chi connectivity index (χ1v) is 8.83. The molecule has 2 amide bonds. The number of terminal acetylenes is 1. The maximum Gasteiger partial charge on any atom is 0.408 e. The predicted molar refractivity (Wildman–Crippen MR) is 94.7 cm³/mol. The highest BCUT2D eigenvalue weighted by molar-refractivity contribution is 5.89. The van der Waals surface area contributed by atoms with Crippen molar-refractivity contribution in [3.05, 3.63) is 0 Å². The summed E-state index contributed by atoms with van der Waals surface area (Å²) in [7, 11) is 0. The number of amides is 2. The summed E-state index contributed by atoms with van der Waals surface area (Å²) in [6, 6.07) is -1.51. The summed E-state index contributed by atoms with van der Waals surface area (Å²) >= 11 is 0. The quantitative estimate of drug-likeness (QED) is 0.414. The normalized spacial score (nSPS) is 12.4. The molecule has 0 heterocycles. The zero-order valence-electron chi connectivity index (χ0n) is 15.4. The average Bonchev–Trinajstić information content (AvgIpc) is 2.60. The zero-order valence-corrected chi connectivity index (χ0v) is 15.4.